The second kappa shape index (κ2) is 8.08. The van der Waals surface area contributed by atoms with Crippen LogP contribution in [-0.2, 0) is 4.79 Å². The maximum absolute atomic E-state index is 12.6. The van der Waals surface area contributed by atoms with Crippen LogP contribution in [-0.4, -0.2) is 39.4 Å². The van der Waals surface area contributed by atoms with Crippen molar-refractivity contribution in [2.45, 2.75) is 63.6 Å². The average molecular weight is 369 g/mol. The van der Waals surface area contributed by atoms with Crippen molar-refractivity contribution in [3.63, 3.8) is 0 Å². The van der Waals surface area contributed by atoms with Crippen LogP contribution in [0.5, 0.6) is 5.75 Å². The number of pyridine rings is 1. The number of aromatic nitrogens is 3. The first-order valence-electron chi connectivity index (χ1n) is 9.86. The lowest BCUT2D eigenvalue weighted by Crippen LogP contribution is -2.35. The van der Waals surface area contributed by atoms with Crippen molar-refractivity contribution in [3.05, 3.63) is 36.3 Å². The van der Waals surface area contributed by atoms with E-state index in [1.54, 1.807) is 12.4 Å². The van der Waals surface area contributed by atoms with Gasteiger partial charge in [-0.25, -0.2) is 0 Å². The molecule has 2 aromatic heterocycles. The van der Waals surface area contributed by atoms with Crippen molar-refractivity contribution in [1.29, 1.82) is 0 Å². The van der Waals surface area contributed by atoms with Crippen molar-refractivity contribution >= 4 is 11.7 Å². The fraction of sp³-hybridized carbons (Fsp3) is 0.550. The summed E-state index contributed by atoms with van der Waals surface area (Å²) in [5.41, 5.74) is 1.11. The van der Waals surface area contributed by atoms with Gasteiger partial charge in [-0.2, -0.15) is 5.10 Å². The van der Waals surface area contributed by atoms with E-state index < -0.39 is 0 Å². The molecule has 2 atom stereocenters. The number of hydrogen-bond donors (Lipinski definition) is 2. The number of anilines is 1. The first-order valence-corrected chi connectivity index (χ1v) is 9.86. The number of carbonyl (C=O) groups excluding carboxylic acids is 1. The monoisotopic (exact) mass is 369 g/mol. The normalized spacial score (nSPS) is 23.3. The van der Waals surface area contributed by atoms with Gasteiger partial charge in [0.25, 0.3) is 0 Å². The van der Waals surface area contributed by atoms with Crippen molar-refractivity contribution in [2.75, 3.05) is 11.9 Å². The van der Waals surface area contributed by atoms with Gasteiger partial charge >= 0.3 is 0 Å². The summed E-state index contributed by atoms with van der Waals surface area (Å²) in [4.78, 5) is 16.6. The lowest BCUT2D eigenvalue weighted by atomic mass is 9.95. The average Bonchev–Trinajstić information content (AvgIpc) is 3.30. The number of amides is 1. The summed E-state index contributed by atoms with van der Waals surface area (Å²) in [6, 6.07) is 5.82. The molecule has 144 valence electrons. The minimum Gasteiger partial charge on any atom is -0.489 e. The molecule has 4 rings (SSSR count). The number of ether oxygens (including phenoxy) is 1. The SMILES string of the molecule is Cc1cc(NC(=O)[C@@H]2C[C@H](Oc3ccncc3)CN2)nn1C1CCCCC1. The fourth-order valence-corrected chi connectivity index (χ4v) is 4.06. The van der Waals surface area contributed by atoms with Crippen LogP contribution in [0, 0.1) is 6.92 Å². The molecule has 2 fully saturated rings. The molecule has 1 aliphatic heterocycles. The quantitative estimate of drug-likeness (QED) is 0.847. The van der Waals surface area contributed by atoms with Crippen molar-refractivity contribution in [1.82, 2.24) is 20.1 Å². The van der Waals surface area contributed by atoms with Crippen LogP contribution in [0.15, 0.2) is 30.6 Å². The van der Waals surface area contributed by atoms with E-state index in [0.717, 1.165) is 11.4 Å². The van der Waals surface area contributed by atoms with E-state index in [1.807, 2.05) is 18.2 Å². The van der Waals surface area contributed by atoms with Crippen LogP contribution in [0.2, 0.25) is 0 Å². The molecule has 2 aromatic rings. The number of aryl methyl sites for hydroxylation is 1. The number of hydrogen-bond acceptors (Lipinski definition) is 5. The van der Waals surface area contributed by atoms with E-state index in [2.05, 4.69) is 32.3 Å². The molecule has 0 bridgehead atoms. The maximum atomic E-state index is 12.6. The molecule has 0 aromatic carbocycles. The van der Waals surface area contributed by atoms with Crippen molar-refractivity contribution in [3.8, 4) is 5.75 Å². The molecule has 3 heterocycles. The highest BCUT2D eigenvalue weighted by molar-refractivity contribution is 5.94. The summed E-state index contributed by atoms with van der Waals surface area (Å²) >= 11 is 0. The van der Waals surface area contributed by atoms with E-state index in [1.165, 1.54) is 32.1 Å². The van der Waals surface area contributed by atoms with Gasteiger partial charge in [0.2, 0.25) is 5.91 Å². The topological polar surface area (TPSA) is 81.1 Å². The molecule has 7 heteroatoms. The Hall–Kier alpha value is -2.41. The van der Waals surface area contributed by atoms with Gasteiger partial charge < -0.3 is 15.4 Å². The molecular weight excluding hydrogens is 342 g/mol. The van der Waals surface area contributed by atoms with Crippen molar-refractivity contribution in [2.24, 2.45) is 0 Å². The molecule has 0 spiro atoms. The molecular formula is C20H27N5O2. The van der Waals surface area contributed by atoms with Gasteiger partial charge in [0, 0.05) is 37.1 Å². The molecule has 1 aliphatic carbocycles. The summed E-state index contributed by atoms with van der Waals surface area (Å²) in [6.45, 7) is 2.71. The third-order valence-electron chi connectivity index (χ3n) is 5.45. The summed E-state index contributed by atoms with van der Waals surface area (Å²) in [5.74, 6) is 1.37. The summed E-state index contributed by atoms with van der Waals surface area (Å²) in [6.07, 6.45) is 10.2. The molecule has 0 radical (unpaired) electrons. The Morgan fingerprint density at radius 2 is 2.04 bits per heavy atom. The lowest BCUT2D eigenvalue weighted by molar-refractivity contribution is -0.117. The molecule has 7 nitrogen and oxygen atoms in total. The van der Waals surface area contributed by atoms with Gasteiger partial charge in [-0.15, -0.1) is 0 Å². The highest BCUT2D eigenvalue weighted by atomic mass is 16.5. The number of carbonyl (C=O) groups is 1. The minimum atomic E-state index is -0.267. The Morgan fingerprint density at radius 3 is 2.81 bits per heavy atom. The lowest BCUT2D eigenvalue weighted by Gasteiger charge is -2.23. The highest BCUT2D eigenvalue weighted by Crippen LogP contribution is 2.29. The Labute approximate surface area is 159 Å². The predicted octanol–water partition coefficient (Wildman–Crippen LogP) is 2.84. The van der Waals surface area contributed by atoms with E-state index in [-0.39, 0.29) is 18.1 Å². The van der Waals surface area contributed by atoms with Crippen LogP contribution in [0.25, 0.3) is 0 Å². The van der Waals surface area contributed by atoms with Crippen LogP contribution in [0.1, 0.15) is 50.3 Å². The van der Waals surface area contributed by atoms with Crippen molar-refractivity contribution < 1.29 is 9.53 Å². The zero-order chi connectivity index (χ0) is 18.6. The number of nitrogens with one attached hydrogen (secondary N) is 2. The standard InChI is InChI=1S/C20H27N5O2/c1-14-11-19(24-25(14)15-5-3-2-4-6-15)23-20(26)18-12-17(13-22-18)27-16-7-9-21-10-8-16/h7-11,15,17-18,22H,2-6,12-13H2,1H3,(H,23,24,26)/t17-,18-/m0/s1. The smallest absolute Gasteiger partial charge is 0.242 e. The van der Waals surface area contributed by atoms with Crippen LogP contribution in [0.3, 0.4) is 0 Å². The van der Waals surface area contributed by atoms with Gasteiger partial charge in [-0.1, -0.05) is 19.3 Å². The van der Waals surface area contributed by atoms with E-state index >= 15 is 0 Å². The highest BCUT2D eigenvalue weighted by Gasteiger charge is 2.31. The van der Waals surface area contributed by atoms with Gasteiger partial charge in [-0.3, -0.25) is 14.5 Å². The molecule has 1 saturated heterocycles. The summed E-state index contributed by atoms with van der Waals surface area (Å²) in [5, 5.41) is 10.9. The van der Waals surface area contributed by atoms with Crippen LogP contribution < -0.4 is 15.4 Å². The van der Waals surface area contributed by atoms with Crippen LogP contribution in [0.4, 0.5) is 5.82 Å². The zero-order valence-corrected chi connectivity index (χ0v) is 15.7. The van der Waals surface area contributed by atoms with Crippen LogP contribution >= 0.6 is 0 Å². The van der Waals surface area contributed by atoms with Gasteiger partial charge in [-0.05, 0) is 31.9 Å². The maximum Gasteiger partial charge on any atom is 0.242 e. The number of nitrogens with zero attached hydrogens (tertiary/aromatic N) is 3. The van der Waals surface area contributed by atoms with Gasteiger partial charge in [0.05, 0.1) is 12.1 Å². The van der Waals surface area contributed by atoms with E-state index in [0.29, 0.717) is 24.8 Å². The predicted molar refractivity (Wildman–Crippen MR) is 103 cm³/mol. The second-order valence-corrected chi connectivity index (χ2v) is 7.52. The zero-order valence-electron chi connectivity index (χ0n) is 15.7. The van der Waals surface area contributed by atoms with Gasteiger partial charge in [0.1, 0.15) is 11.9 Å². The Morgan fingerprint density at radius 1 is 1.26 bits per heavy atom. The Balaban J connectivity index is 1.33. The summed E-state index contributed by atoms with van der Waals surface area (Å²) in [7, 11) is 0. The fourth-order valence-electron chi connectivity index (χ4n) is 4.06. The Bertz CT molecular complexity index is 770. The first-order chi connectivity index (χ1) is 13.2. The largest absolute Gasteiger partial charge is 0.489 e. The molecule has 2 aliphatic rings. The third kappa shape index (κ3) is 4.30. The van der Waals surface area contributed by atoms with E-state index in [4.69, 9.17) is 4.74 Å². The third-order valence-corrected chi connectivity index (χ3v) is 5.45. The number of rotatable bonds is 5. The molecule has 0 unspecified atom stereocenters. The second-order valence-electron chi connectivity index (χ2n) is 7.52. The van der Waals surface area contributed by atoms with E-state index in [9.17, 15) is 4.79 Å². The Kier molecular flexibility index (Phi) is 5.38. The molecule has 1 saturated carbocycles. The molecule has 27 heavy (non-hydrogen) atoms. The first kappa shape index (κ1) is 18.0. The molecule has 2 N–H and O–H groups in total. The summed E-state index contributed by atoms with van der Waals surface area (Å²) < 4.78 is 8.00. The van der Waals surface area contributed by atoms with Gasteiger partial charge in [0.15, 0.2) is 5.82 Å². The minimum absolute atomic E-state index is 0.0234. The molecule has 1 amide bonds.